The lowest BCUT2D eigenvalue weighted by Crippen LogP contribution is -2.34. The van der Waals surface area contributed by atoms with Crippen LogP contribution in [-0.2, 0) is 0 Å². The number of benzene rings is 1. The standard InChI is InChI=1S/C16H18N4O3S/c1-11-3-2-7-19(10-11)13-5-4-12(9-14(13)20(22)23)15(21)18-16-17-6-8-24-16/h4-6,8-9,11H,2-3,7,10H2,1H3,(H,17,18,21)/t11-/m1/s1. The molecular formula is C16H18N4O3S. The normalized spacial score (nSPS) is 17.5. The van der Waals surface area contributed by atoms with E-state index in [1.54, 1.807) is 23.7 Å². The maximum atomic E-state index is 12.2. The molecule has 1 N–H and O–H groups in total. The molecule has 8 heteroatoms. The summed E-state index contributed by atoms with van der Waals surface area (Å²) in [6, 6.07) is 4.65. The van der Waals surface area contributed by atoms with Crippen LogP contribution in [0.2, 0.25) is 0 Å². The van der Waals surface area contributed by atoms with Gasteiger partial charge in [-0.1, -0.05) is 6.92 Å². The molecule has 0 aliphatic carbocycles. The first-order valence-corrected chi connectivity index (χ1v) is 8.67. The number of nitro benzene ring substituents is 1. The minimum atomic E-state index is -0.422. The number of nitrogens with zero attached hydrogens (tertiary/aromatic N) is 3. The molecule has 2 aromatic rings. The van der Waals surface area contributed by atoms with E-state index in [4.69, 9.17) is 0 Å². The van der Waals surface area contributed by atoms with E-state index < -0.39 is 10.8 Å². The fraction of sp³-hybridized carbons (Fsp3) is 0.375. The zero-order valence-electron chi connectivity index (χ0n) is 13.3. The first kappa shape index (κ1) is 16.4. The Balaban J connectivity index is 1.86. The number of anilines is 2. The number of nitrogens with one attached hydrogen (secondary N) is 1. The van der Waals surface area contributed by atoms with E-state index >= 15 is 0 Å². The van der Waals surface area contributed by atoms with Crippen LogP contribution in [0.3, 0.4) is 0 Å². The fourth-order valence-corrected chi connectivity index (χ4v) is 3.46. The molecule has 0 bridgehead atoms. The van der Waals surface area contributed by atoms with E-state index in [0.29, 0.717) is 16.7 Å². The lowest BCUT2D eigenvalue weighted by molar-refractivity contribution is -0.384. The van der Waals surface area contributed by atoms with Gasteiger partial charge in [0.25, 0.3) is 11.6 Å². The van der Waals surface area contributed by atoms with Crippen LogP contribution in [0.25, 0.3) is 0 Å². The molecule has 0 saturated carbocycles. The Bertz CT molecular complexity index is 748. The maximum Gasteiger partial charge on any atom is 0.293 e. The summed E-state index contributed by atoms with van der Waals surface area (Å²) >= 11 is 1.30. The van der Waals surface area contributed by atoms with Gasteiger partial charge in [0, 0.05) is 36.3 Å². The number of piperidine rings is 1. The highest BCUT2D eigenvalue weighted by atomic mass is 32.1. The van der Waals surface area contributed by atoms with Crippen LogP contribution < -0.4 is 10.2 Å². The number of hydrogen-bond acceptors (Lipinski definition) is 6. The number of nitro groups is 1. The number of carbonyl (C=O) groups is 1. The predicted molar refractivity (Wildman–Crippen MR) is 93.8 cm³/mol. The van der Waals surface area contributed by atoms with Gasteiger partial charge < -0.3 is 4.90 Å². The van der Waals surface area contributed by atoms with Crippen LogP contribution in [0.4, 0.5) is 16.5 Å². The fourth-order valence-electron chi connectivity index (χ4n) is 2.94. The van der Waals surface area contributed by atoms with Gasteiger partial charge in [-0.25, -0.2) is 4.98 Å². The summed E-state index contributed by atoms with van der Waals surface area (Å²) in [6.07, 6.45) is 3.74. The molecule has 1 amide bonds. The highest BCUT2D eigenvalue weighted by Gasteiger charge is 2.25. The first-order chi connectivity index (χ1) is 11.5. The quantitative estimate of drug-likeness (QED) is 0.676. The van der Waals surface area contributed by atoms with E-state index in [2.05, 4.69) is 17.2 Å². The molecule has 1 fully saturated rings. The molecule has 1 aliphatic rings. The molecule has 0 spiro atoms. The molecular weight excluding hydrogens is 328 g/mol. The second kappa shape index (κ2) is 6.96. The average molecular weight is 346 g/mol. The van der Waals surface area contributed by atoms with Crippen molar-refractivity contribution in [1.29, 1.82) is 0 Å². The zero-order chi connectivity index (χ0) is 17.1. The smallest absolute Gasteiger partial charge is 0.293 e. The third-order valence-electron chi connectivity index (χ3n) is 4.08. The Morgan fingerprint density at radius 2 is 2.33 bits per heavy atom. The SMILES string of the molecule is C[C@@H]1CCCN(c2ccc(C(=O)Nc3nccs3)cc2[N+](=O)[O-])C1. The van der Waals surface area contributed by atoms with Crippen LogP contribution in [0.15, 0.2) is 29.8 Å². The van der Waals surface area contributed by atoms with E-state index in [9.17, 15) is 14.9 Å². The summed E-state index contributed by atoms with van der Waals surface area (Å²) in [5.41, 5.74) is 0.805. The topological polar surface area (TPSA) is 88.4 Å². The van der Waals surface area contributed by atoms with Crippen LogP contribution in [0.1, 0.15) is 30.1 Å². The van der Waals surface area contributed by atoms with Crippen molar-refractivity contribution in [2.75, 3.05) is 23.3 Å². The van der Waals surface area contributed by atoms with Crippen LogP contribution in [0, 0.1) is 16.0 Å². The molecule has 0 unspecified atom stereocenters. The van der Waals surface area contributed by atoms with Gasteiger partial charge in [-0.2, -0.15) is 0 Å². The molecule has 7 nitrogen and oxygen atoms in total. The summed E-state index contributed by atoms with van der Waals surface area (Å²) in [5.74, 6) is 0.109. The van der Waals surface area contributed by atoms with E-state index in [-0.39, 0.29) is 11.3 Å². The molecule has 1 atom stereocenters. The van der Waals surface area contributed by atoms with E-state index in [1.165, 1.54) is 17.4 Å². The molecule has 1 saturated heterocycles. The van der Waals surface area contributed by atoms with Gasteiger partial charge in [0.15, 0.2) is 5.13 Å². The summed E-state index contributed by atoms with van der Waals surface area (Å²) in [6.45, 7) is 3.75. The summed E-state index contributed by atoms with van der Waals surface area (Å²) in [4.78, 5) is 29.3. The van der Waals surface area contributed by atoms with Gasteiger partial charge in [0.1, 0.15) is 5.69 Å². The number of hydrogen-bond donors (Lipinski definition) is 1. The Hall–Kier alpha value is -2.48. The number of rotatable bonds is 4. The summed E-state index contributed by atoms with van der Waals surface area (Å²) < 4.78 is 0. The number of carbonyl (C=O) groups excluding carboxylic acids is 1. The zero-order valence-corrected chi connectivity index (χ0v) is 14.1. The molecule has 2 heterocycles. The highest BCUT2D eigenvalue weighted by Crippen LogP contribution is 2.32. The van der Waals surface area contributed by atoms with Gasteiger partial charge in [-0.05, 0) is 30.9 Å². The Morgan fingerprint density at radius 3 is 3.00 bits per heavy atom. The van der Waals surface area contributed by atoms with Crippen molar-refractivity contribution in [3.63, 3.8) is 0 Å². The maximum absolute atomic E-state index is 12.2. The van der Waals surface area contributed by atoms with Gasteiger partial charge in [-0.15, -0.1) is 11.3 Å². The molecule has 126 valence electrons. The second-order valence-corrected chi connectivity index (χ2v) is 6.84. The van der Waals surface area contributed by atoms with Crippen molar-refractivity contribution in [3.8, 4) is 0 Å². The van der Waals surface area contributed by atoms with Gasteiger partial charge in [-0.3, -0.25) is 20.2 Å². The van der Waals surface area contributed by atoms with Crippen molar-refractivity contribution in [2.45, 2.75) is 19.8 Å². The first-order valence-electron chi connectivity index (χ1n) is 7.79. The van der Waals surface area contributed by atoms with Crippen molar-refractivity contribution in [2.24, 2.45) is 5.92 Å². The molecule has 1 aromatic carbocycles. The van der Waals surface area contributed by atoms with E-state index in [0.717, 1.165) is 25.9 Å². The van der Waals surface area contributed by atoms with Crippen LogP contribution in [-0.4, -0.2) is 28.9 Å². The van der Waals surface area contributed by atoms with Crippen molar-refractivity contribution >= 4 is 33.8 Å². The van der Waals surface area contributed by atoms with Gasteiger partial charge >= 0.3 is 0 Å². The number of aromatic nitrogens is 1. The average Bonchev–Trinajstić information content (AvgIpc) is 3.07. The minimum absolute atomic E-state index is 0.0316. The van der Waals surface area contributed by atoms with Crippen molar-refractivity contribution in [3.05, 3.63) is 45.5 Å². The van der Waals surface area contributed by atoms with Crippen molar-refractivity contribution < 1.29 is 9.72 Å². The number of amides is 1. The van der Waals surface area contributed by atoms with Gasteiger partial charge in [0.05, 0.1) is 4.92 Å². The van der Waals surface area contributed by atoms with Crippen LogP contribution in [0.5, 0.6) is 0 Å². The Morgan fingerprint density at radius 1 is 1.50 bits per heavy atom. The van der Waals surface area contributed by atoms with Gasteiger partial charge in [0.2, 0.25) is 0 Å². The van der Waals surface area contributed by atoms with Crippen molar-refractivity contribution in [1.82, 2.24) is 4.98 Å². The molecule has 0 radical (unpaired) electrons. The molecule has 3 rings (SSSR count). The third kappa shape index (κ3) is 3.53. The second-order valence-electron chi connectivity index (χ2n) is 5.95. The molecule has 1 aromatic heterocycles. The Kier molecular flexibility index (Phi) is 4.75. The summed E-state index contributed by atoms with van der Waals surface area (Å²) in [5, 5.41) is 16.3. The lowest BCUT2D eigenvalue weighted by Gasteiger charge is -2.32. The minimum Gasteiger partial charge on any atom is -0.366 e. The largest absolute Gasteiger partial charge is 0.366 e. The summed E-state index contributed by atoms with van der Waals surface area (Å²) in [7, 11) is 0. The third-order valence-corrected chi connectivity index (χ3v) is 4.77. The number of thiazole rings is 1. The molecule has 1 aliphatic heterocycles. The van der Waals surface area contributed by atoms with E-state index in [1.807, 2.05) is 4.90 Å². The Labute approximate surface area is 143 Å². The lowest BCUT2D eigenvalue weighted by atomic mass is 9.99. The van der Waals surface area contributed by atoms with Crippen LogP contribution >= 0.6 is 11.3 Å². The highest BCUT2D eigenvalue weighted by molar-refractivity contribution is 7.13. The molecule has 24 heavy (non-hydrogen) atoms. The predicted octanol–water partition coefficient (Wildman–Crippen LogP) is 3.54. The monoisotopic (exact) mass is 346 g/mol.